The Morgan fingerprint density at radius 3 is 2.21 bits per heavy atom. The Morgan fingerprint density at radius 2 is 1.60 bits per heavy atom. The zero-order chi connectivity index (χ0) is 63.6. The molecule has 0 spiro atoms. The molecular weight excluding hydrogens is 1120 g/mol. The van der Waals surface area contributed by atoms with Gasteiger partial charge in [0.1, 0.15) is 42.7 Å². The van der Waals surface area contributed by atoms with Gasteiger partial charge in [0, 0.05) is 95.5 Å². The van der Waals surface area contributed by atoms with Gasteiger partial charge in [0.2, 0.25) is 13.0 Å². The number of pyridine rings is 1. The molecule has 0 radical (unpaired) electrons. The molecule has 484 valence electrons. The monoisotopic (exact) mass is 1220 g/mol. The summed E-state index contributed by atoms with van der Waals surface area (Å²) >= 11 is 0. The van der Waals surface area contributed by atoms with Crippen molar-refractivity contribution in [3.8, 4) is 11.1 Å². The third-order valence-electron chi connectivity index (χ3n) is 17.9. The molecule has 20 atom stereocenters. The van der Waals surface area contributed by atoms with Gasteiger partial charge in [-0.2, -0.15) is 0 Å². The third kappa shape index (κ3) is 16.3. The van der Waals surface area contributed by atoms with E-state index < -0.39 is 139 Å². The lowest BCUT2D eigenvalue weighted by Gasteiger charge is -2.50. The molecule has 2 aromatic heterocycles. The first-order valence-corrected chi connectivity index (χ1v) is 29.7. The van der Waals surface area contributed by atoms with E-state index in [1.807, 2.05) is 63.9 Å². The van der Waals surface area contributed by atoms with Crippen molar-refractivity contribution in [3.63, 3.8) is 0 Å². The van der Waals surface area contributed by atoms with Crippen LogP contribution < -0.4 is 4.73 Å². The van der Waals surface area contributed by atoms with Gasteiger partial charge in [-0.25, -0.2) is 9.07 Å². The van der Waals surface area contributed by atoms with E-state index in [1.165, 1.54) is 53.2 Å². The van der Waals surface area contributed by atoms with Crippen molar-refractivity contribution < 1.29 is 96.5 Å². The van der Waals surface area contributed by atoms with Gasteiger partial charge in [-0.15, -0.1) is 5.10 Å². The van der Waals surface area contributed by atoms with E-state index >= 15 is 4.39 Å². The van der Waals surface area contributed by atoms with Crippen LogP contribution >= 0.6 is 0 Å². The van der Waals surface area contributed by atoms with Crippen LogP contribution in [0.4, 0.5) is 4.39 Å². The largest absolute Gasteiger partial charge is 0.459 e. The van der Waals surface area contributed by atoms with Crippen molar-refractivity contribution in [2.75, 3.05) is 55.5 Å². The number of methoxy groups -OCH3 is 4. The second kappa shape index (κ2) is 30.6. The first-order valence-electron chi connectivity index (χ1n) is 29.7. The molecule has 0 amide bonds. The van der Waals surface area contributed by atoms with Gasteiger partial charge in [0.15, 0.2) is 19.2 Å². The Labute approximate surface area is 505 Å². The Hall–Kier alpha value is -4.87. The molecule has 0 bridgehead atoms. The molecule has 1 aromatic carbocycles. The second-order valence-electron chi connectivity index (χ2n) is 24.3. The van der Waals surface area contributed by atoms with Gasteiger partial charge in [-0.3, -0.25) is 14.8 Å². The maximum Gasteiger partial charge on any atom is 0.311 e. The first kappa shape index (κ1) is 70.2. The fraction of sp³-hybridized carbons (Fsp3) is 0.738. The van der Waals surface area contributed by atoms with Crippen LogP contribution in [0, 0.1) is 23.7 Å². The highest BCUT2D eigenvalue weighted by molar-refractivity contribution is 5.89. The standard InChI is InChI=1S/C61H96FN6O18/c1-17-48-61(11,74)54(71)36(4)50(64-81-33-76-13)34(2)27-60(10,79-16)56(37(5)52(38(6)57(73)84-48)85-49-28-59(9,78-15)55(72)39(7)83-49)86-58-51(70)46(26-35(3)82-58)66(12)25-24-44-31-67(65-63-44)47(29-62)53(77-14)42-20-18-41(19-21-42)43-22-23-45(68(75)30-43)32-80-40(8)69/h18-23,30-31,34-39,46-49,51-56,58,70-72,74-75H,17,24-29,32-33H2,1-16H3/q+1/b64-50+/t34-,35-,36+,37+,38-,39+,46+,47-,48-,49+,51-,52+,53-,54-,55+,56-,58+,59-,60-,61-/m1/s1. The molecule has 86 heavy (non-hydrogen) atoms. The highest BCUT2D eigenvalue weighted by Crippen LogP contribution is 2.43. The predicted molar refractivity (Wildman–Crippen MR) is 309 cm³/mol. The highest BCUT2D eigenvalue weighted by atomic mass is 19.1. The van der Waals surface area contributed by atoms with E-state index in [0.717, 1.165) is 10.3 Å². The summed E-state index contributed by atoms with van der Waals surface area (Å²) in [7, 11) is 7.84. The van der Waals surface area contributed by atoms with Crippen molar-refractivity contribution in [2.24, 2.45) is 28.8 Å². The lowest BCUT2D eigenvalue weighted by molar-refractivity contribution is -0.910. The number of esters is 2. The number of likely N-dealkylation sites (N-methyl/N-ethyl adjacent to an activating group) is 1. The van der Waals surface area contributed by atoms with Gasteiger partial charge in [0.25, 0.3) is 5.69 Å². The van der Waals surface area contributed by atoms with E-state index in [1.54, 1.807) is 52.9 Å². The number of oxime groups is 1. The van der Waals surface area contributed by atoms with E-state index in [4.69, 9.17) is 52.2 Å². The van der Waals surface area contributed by atoms with Crippen molar-refractivity contribution in [2.45, 2.75) is 211 Å². The number of hydrogen-bond acceptors (Lipinski definition) is 22. The molecule has 3 aliphatic rings. The number of aromatic nitrogens is 4. The minimum Gasteiger partial charge on any atom is -0.459 e. The maximum absolute atomic E-state index is 15.1. The molecule has 3 saturated heterocycles. The molecule has 25 heteroatoms. The van der Waals surface area contributed by atoms with Gasteiger partial charge < -0.3 is 77.5 Å². The average Bonchev–Trinajstić information content (AvgIpc) is 1.31. The van der Waals surface area contributed by atoms with Crippen LogP contribution in [-0.2, 0) is 74.8 Å². The summed E-state index contributed by atoms with van der Waals surface area (Å²) in [5.74, 6) is -4.55. The molecule has 3 fully saturated rings. The van der Waals surface area contributed by atoms with Gasteiger partial charge >= 0.3 is 11.9 Å². The molecule has 24 nitrogen and oxygen atoms in total. The summed E-state index contributed by atoms with van der Waals surface area (Å²) in [6, 6.07) is 9.33. The van der Waals surface area contributed by atoms with Gasteiger partial charge in [0.05, 0.1) is 64.6 Å². The van der Waals surface area contributed by atoms with Crippen LogP contribution in [0.3, 0.4) is 0 Å². The SMILES string of the molecule is CC[C@H]1OC(=O)[C@H](C)[C@@H](O[C@H]2C[C@@](C)(OC)[C@@H](O)[C@H](C)O2)[C@H](C)[C@@H](O[C@@H]2O[C@H](C)C[C@H](N(C)CCc3cn([C@H](CF)[C@H](OC)c4ccc(-c5ccc(COC(C)=O)[n+](O)c5)cc4)nn3)[C@H]2O)[C@](C)(OC)C[C@@H](C)/C(=N\OCOC)[C@H](C)[C@@H](O)[C@]1(C)O. The van der Waals surface area contributed by atoms with Crippen LogP contribution in [0.1, 0.15) is 131 Å². The summed E-state index contributed by atoms with van der Waals surface area (Å²) in [6.45, 7) is 18.0. The summed E-state index contributed by atoms with van der Waals surface area (Å²) in [5.41, 5.74) is -0.985. The minimum atomic E-state index is -1.98. The normalized spacial score (nSPS) is 35.4. The Bertz CT molecular complexity index is 2670. The fourth-order valence-corrected chi connectivity index (χ4v) is 12.5. The van der Waals surface area contributed by atoms with E-state index in [9.17, 15) is 35.2 Å². The van der Waals surface area contributed by atoms with Crippen molar-refractivity contribution >= 4 is 17.7 Å². The Kier molecular flexibility index (Phi) is 25.0. The van der Waals surface area contributed by atoms with E-state index in [0.29, 0.717) is 47.6 Å². The van der Waals surface area contributed by atoms with Crippen molar-refractivity contribution in [3.05, 3.63) is 65.7 Å². The minimum absolute atomic E-state index is 0.0699. The number of hydrogen-bond donors (Lipinski definition) is 5. The number of carbonyl (C=O) groups excluding carboxylic acids is 2. The maximum atomic E-state index is 15.1. The molecule has 0 saturated carbocycles. The zero-order valence-corrected chi connectivity index (χ0v) is 52.9. The summed E-state index contributed by atoms with van der Waals surface area (Å²) in [5, 5.41) is 71.7. The lowest BCUT2D eigenvalue weighted by atomic mass is 9.73. The molecule has 6 rings (SSSR count). The van der Waals surface area contributed by atoms with E-state index in [-0.39, 0.29) is 32.7 Å². The number of alkyl halides is 1. The lowest BCUT2D eigenvalue weighted by Crippen LogP contribution is -2.61. The Morgan fingerprint density at radius 1 is 0.930 bits per heavy atom. The average molecular weight is 1220 g/mol. The number of cyclic esters (lactones) is 1. The van der Waals surface area contributed by atoms with Crippen molar-refractivity contribution in [1.29, 1.82) is 0 Å². The first-order chi connectivity index (χ1) is 40.6. The number of aliphatic hydroxyl groups excluding tert-OH is 3. The molecule has 5 heterocycles. The topological polar surface area (TPSA) is 287 Å². The van der Waals surface area contributed by atoms with Gasteiger partial charge in [-0.05, 0) is 85.0 Å². The fourth-order valence-electron chi connectivity index (χ4n) is 12.5. The van der Waals surface area contributed by atoms with Crippen LogP contribution in [-0.4, -0.2) is 203 Å². The third-order valence-corrected chi connectivity index (χ3v) is 17.9. The van der Waals surface area contributed by atoms with E-state index in [2.05, 4.69) is 15.5 Å². The summed E-state index contributed by atoms with van der Waals surface area (Å²) in [6.07, 6.45) is -7.12. The quantitative estimate of drug-likeness (QED) is 0.0216. The number of ether oxygens (including phenoxy) is 10. The number of benzene rings is 1. The summed E-state index contributed by atoms with van der Waals surface area (Å²) in [4.78, 5) is 33.6. The zero-order valence-electron chi connectivity index (χ0n) is 52.9. The van der Waals surface area contributed by atoms with Crippen LogP contribution in [0.25, 0.3) is 11.1 Å². The second-order valence-corrected chi connectivity index (χ2v) is 24.3. The molecular formula is C61H96FN6O18+. The van der Waals surface area contributed by atoms with Crippen LogP contribution in [0.5, 0.6) is 0 Å². The summed E-state index contributed by atoms with van der Waals surface area (Å²) < 4.78 is 79.0. The molecule has 3 aliphatic heterocycles. The number of nitrogens with zero attached hydrogens (tertiary/aromatic N) is 6. The number of rotatable bonds is 22. The molecule has 0 aliphatic carbocycles. The molecule has 3 aromatic rings. The van der Waals surface area contributed by atoms with Crippen LogP contribution in [0.2, 0.25) is 0 Å². The molecule has 5 N–H and O–H groups in total. The van der Waals surface area contributed by atoms with Gasteiger partial charge in [-0.1, -0.05) is 62.3 Å². The smallest absolute Gasteiger partial charge is 0.311 e. The van der Waals surface area contributed by atoms with Crippen molar-refractivity contribution in [1.82, 2.24) is 19.9 Å². The van der Waals surface area contributed by atoms with Crippen LogP contribution in [0.15, 0.2) is 53.9 Å². The Balaban J connectivity index is 1.28. The molecule has 0 unspecified atom stereocenters. The number of halogens is 1. The predicted octanol–water partition coefficient (Wildman–Crippen LogP) is 5.20. The highest BCUT2D eigenvalue weighted by Gasteiger charge is 2.54. The number of carbonyl (C=O) groups is 2. The number of aliphatic hydroxyl groups is 4.